The lowest BCUT2D eigenvalue weighted by Crippen LogP contribution is -2.35. The summed E-state index contributed by atoms with van der Waals surface area (Å²) in [5, 5.41) is 6.67. The second kappa shape index (κ2) is 6.78. The van der Waals surface area contributed by atoms with E-state index in [1.807, 2.05) is 30.3 Å². The van der Waals surface area contributed by atoms with Crippen molar-refractivity contribution in [3.05, 3.63) is 30.3 Å². The molecule has 1 rings (SSSR count). The summed E-state index contributed by atoms with van der Waals surface area (Å²) in [4.78, 5) is 0. The maximum atomic E-state index is 12.6. The number of rotatable bonds is 7. The first-order valence-electron chi connectivity index (χ1n) is 5.29. The van der Waals surface area contributed by atoms with Crippen LogP contribution >= 0.6 is 7.44 Å². The molecule has 0 aromatic heterocycles. The van der Waals surface area contributed by atoms with Gasteiger partial charge in [0.1, 0.15) is 0 Å². The van der Waals surface area contributed by atoms with Crippen LogP contribution < -0.4 is 26.9 Å². The van der Waals surface area contributed by atoms with Crippen molar-refractivity contribution < 1.29 is 4.57 Å². The Balaban J connectivity index is 2.82. The fourth-order valence-corrected chi connectivity index (χ4v) is 3.28. The van der Waals surface area contributed by atoms with Gasteiger partial charge >= 0.3 is 0 Å². The molecule has 0 aliphatic rings. The molecule has 0 atom stereocenters. The van der Waals surface area contributed by atoms with Gasteiger partial charge in [-0.1, -0.05) is 18.2 Å². The molecule has 0 fully saturated rings. The zero-order valence-corrected chi connectivity index (χ0v) is 10.1. The quantitative estimate of drug-likeness (QED) is 0.488. The molecule has 0 amide bonds. The van der Waals surface area contributed by atoms with Gasteiger partial charge in [-0.25, -0.2) is 0 Å². The largest absolute Gasteiger partial charge is 0.329 e. The molecule has 5 nitrogen and oxygen atoms in total. The molecule has 0 radical (unpaired) electrons. The second-order valence-electron chi connectivity index (χ2n) is 3.34. The van der Waals surface area contributed by atoms with Gasteiger partial charge in [0.05, 0.1) is 0 Å². The molecule has 1 aromatic rings. The van der Waals surface area contributed by atoms with E-state index in [1.54, 1.807) is 0 Å². The highest BCUT2D eigenvalue weighted by Gasteiger charge is 2.22. The van der Waals surface area contributed by atoms with Crippen molar-refractivity contribution in [2.45, 2.75) is 0 Å². The van der Waals surface area contributed by atoms with Crippen molar-refractivity contribution in [1.82, 2.24) is 10.2 Å². The molecule has 16 heavy (non-hydrogen) atoms. The van der Waals surface area contributed by atoms with Crippen LogP contribution in [0.4, 0.5) is 0 Å². The average Bonchev–Trinajstić information content (AvgIpc) is 2.35. The first kappa shape index (κ1) is 13.4. The van der Waals surface area contributed by atoms with Crippen LogP contribution in [0.15, 0.2) is 30.3 Å². The summed E-state index contributed by atoms with van der Waals surface area (Å²) < 4.78 is 12.6. The zero-order chi connectivity index (χ0) is 11.9. The van der Waals surface area contributed by atoms with Gasteiger partial charge in [-0.3, -0.25) is 14.7 Å². The van der Waals surface area contributed by atoms with E-state index in [0.29, 0.717) is 26.2 Å². The van der Waals surface area contributed by atoms with Crippen molar-refractivity contribution >= 4 is 12.7 Å². The molecular weight excluding hydrogens is 223 g/mol. The summed E-state index contributed by atoms with van der Waals surface area (Å²) in [6.45, 7) is 1.90. The summed E-state index contributed by atoms with van der Waals surface area (Å²) in [5.41, 5.74) is 10.8. The number of hydrogen-bond acceptors (Lipinski definition) is 3. The molecule has 6 heteroatoms. The maximum Gasteiger partial charge on any atom is 0.240 e. The summed E-state index contributed by atoms with van der Waals surface area (Å²) in [5.74, 6) is 0. The molecule has 0 saturated heterocycles. The Hall–Kier alpha value is -0.710. The van der Waals surface area contributed by atoms with Crippen LogP contribution in [0, 0.1) is 0 Å². The van der Waals surface area contributed by atoms with Crippen LogP contribution in [-0.2, 0) is 4.57 Å². The van der Waals surface area contributed by atoms with E-state index in [2.05, 4.69) is 10.2 Å². The summed E-state index contributed by atoms with van der Waals surface area (Å²) in [6.07, 6.45) is 0. The Kier molecular flexibility index (Phi) is 5.66. The van der Waals surface area contributed by atoms with Gasteiger partial charge in [-0.2, -0.15) is 0 Å². The van der Waals surface area contributed by atoms with E-state index in [1.165, 1.54) is 0 Å². The predicted octanol–water partition coefficient (Wildman–Crippen LogP) is -0.398. The Bertz CT molecular complexity index is 332. The standard InChI is InChI=1S/C10H19N4OP/c11-6-8-13-16(15,14-9-7-12)10-4-2-1-3-5-10/h1-5H,6-9,11-12H2,(H2,13,14,15). The lowest BCUT2D eigenvalue weighted by Gasteiger charge is -2.20. The average molecular weight is 242 g/mol. The summed E-state index contributed by atoms with van der Waals surface area (Å²) >= 11 is 0. The number of nitrogens with two attached hydrogens (primary N) is 2. The Morgan fingerprint density at radius 1 is 1.00 bits per heavy atom. The van der Waals surface area contributed by atoms with Crippen LogP contribution in [0.1, 0.15) is 0 Å². The van der Waals surface area contributed by atoms with Crippen LogP contribution in [-0.4, -0.2) is 26.2 Å². The number of benzene rings is 1. The third-order valence-corrected chi connectivity index (χ3v) is 4.44. The van der Waals surface area contributed by atoms with Gasteiger partial charge in [0.2, 0.25) is 7.44 Å². The normalized spacial score (nSPS) is 11.6. The highest BCUT2D eigenvalue weighted by atomic mass is 31.2. The van der Waals surface area contributed by atoms with Crippen molar-refractivity contribution in [3.63, 3.8) is 0 Å². The minimum Gasteiger partial charge on any atom is -0.329 e. The SMILES string of the molecule is NCCNP(=O)(NCCN)c1ccccc1. The second-order valence-corrected chi connectivity index (χ2v) is 5.71. The Labute approximate surface area is 96.1 Å². The molecule has 0 saturated carbocycles. The van der Waals surface area contributed by atoms with Crippen molar-refractivity contribution in [2.75, 3.05) is 26.2 Å². The molecule has 0 unspecified atom stereocenters. The lowest BCUT2D eigenvalue weighted by atomic mass is 10.4. The molecule has 0 aliphatic heterocycles. The third-order valence-electron chi connectivity index (χ3n) is 2.08. The molecule has 0 bridgehead atoms. The Morgan fingerprint density at radius 2 is 1.50 bits per heavy atom. The van der Waals surface area contributed by atoms with Gasteiger partial charge in [0, 0.05) is 31.5 Å². The highest BCUT2D eigenvalue weighted by molar-refractivity contribution is 7.67. The van der Waals surface area contributed by atoms with Gasteiger partial charge < -0.3 is 11.5 Å². The molecule has 90 valence electrons. The minimum atomic E-state index is -2.76. The van der Waals surface area contributed by atoms with Gasteiger partial charge in [-0.05, 0) is 12.1 Å². The number of hydrogen-bond donors (Lipinski definition) is 4. The molecular formula is C10H19N4OP. The molecule has 0 aliphatic carbocycles. The van der Waals surface area contributed by atoms with Crippen LogP contribution in [0.5, 0.6) is 0 Å². The van der Waals surface area contributed by atoms with Crippen LogP contribution in [0.25, 0.3) is 0 Å². The van der Waals surface area contributed by atoms with E-state index in [4.69, 9.17) is 11.5 Å². The molecule has 1 aromatic carbocycles. The third kappa shape index (κ3) is 3.70. The first-order valence-corrected chi connectivity index (χ1v) is 6.99. The fourth-order valence-electron chi connectivity index (χ4n) is 1.32. The van der Waals surface area contributed by atoms with E-state index in [-0.39, 0.29) is 0 Å². The van der Waals surface area contributed by atoms with Crippen LogP contribution in [0.2, 0.25) is 0 Å². The molecule has 6 N–H and O–H groups in total. The molecule has 0 spiro atoms. The van der Waals surface area contributed by atoms with Gasteiger partial charge in [0.15, 0.2) is 0 Å². The topological polar surface area (TPSA) is 93.2 Å². The van der Waals surface area contributed by atoms with E-state index < -0.39 is 7.44 Å². The van der Waals surface area contributed by atoms with E-state index in [0.717, 1.165) is 5.30 Å². The maximum absolute atomic E-state index is 12.6. The van der Waals surface area contributed by atoms with Crippen molar-refractivity contribution in [2.24, 2.45) is 11.5 Å². The van der Waals surface area contributed by atoms with Crippen molar-refractivity contribution in [3.8, 4) is 0 Å². The summed E-state index contributed by atoms with van der Waals surface area (Å²) in [6, 6.07) is 9.26. The highest BCUT2D eigenvalue weighted by Crippen LogP contribution is 2.33. The molecule has 0 heterocycles. The smallest absolute Gasteiger partial charge is 0.240 e. The first-order chi connectivity index (χ1) is 7.73. The monoisotopic (exact) mass is 242 g/mol. The van der Waals surface area contributed by atoms with Crippen LogP contribution in [0.3, 0.4) is 0 Å². The van der Waals surface area contributed by atoms with Crippen molar-refractivity contribution in [1.29, 1.82) is 0 Å². The van der Waals surface area contributed by atoms with Gasteiger partial charge in [-0.15, -0.1) is 0 Å². The minimum absolute atomic E-state index is 0.446. The zero-order valence-electron chi connectivity index (χ0n) is 9.23. The Morgan fingerprint density at radius 3 is 1.94 bits per heavy atom. The van der Waals surface area contributed by atoms with E-state index >= 15 is 0 Å². The lowest BCUT2D eigenvalue weighted by molar-refractivity contribution is 0.561. The summed E-state index contributed by atoms with van der Waals surface area (Å²) in [7, 11) is -2.76. The van der Waals surface area contributed by atoms with E-state index in [9.17, 15) is 4.57 Å². The fraction of sp³-hybridized carbons (Fsp3) is 0.400. The predicted molar refractivity (Wildman–Crippen MR) is 67.8 cm³/mol. The number of nitrogens with one attached hydrogen (secondary N) is 2. The van der Waals surface area contributed by atoms with Gasteiger partial charge in [0.25, 0.3) is 0 Å².